The van der Waals surface area contributed by atoms with Crippen molar-refractivity contribution in [3.05, 3.63) is 78.1 Å². The van der Waals surface area contributed by atoms with E-state index in [-0.39, 0.29) is 67.7 Å². The zero-order valence-electron chi connectivity index (χ0n) is 24.7. The van der Waals surface area contributed by atoms with E-state index in [2.05, 4.69) is 26.3 Å². The molecule has 0 spiro atoms. The largest absolute Gasteiger partial charge is 0.486 e. The fourth-order valence-corrected chi connectivity index (χ4v) is 6.66. The lowest BCUT2D eigenvalue weighted by Crippen LogP contribution is -2.50. The van der Waals surface area contributed by atoms with Gasteiger partial charge in [-0.05, 0) is 36.2 Å². The van der Waals surface area contributed by atoms with Crippen molar-refractivity contribution in [2.75, 3.05) is 51.3 Å². The minimum Gasteiger partial charge on any atom is -0.486 e. The summed E-state index contributed by atoms with van der Waals surface area (Å²) >= 11 is 0. The number of rotatable bonds is 4. The smallest absolute Gasteiger partial charge is 0.270 e. The molecule has 14 heteroatoms. The number of aromatic nitrogens is 1. The van der Waals surface area contributed by atoms with Crippen LogP contribution in [0.3, 0.4) is 0 Å². The maximum absolute atomic E-state index is 13.9. The van der Waals surface area contributed by atoms with Gasteiger partial charge in [0.1, 0.15) is 29.8 Å². The van der Waals surface area contributed by atoms with Crippen molar-refractivity contribution in [1.82, 2.24) is 25.2 Å². The zero-order valence-corrected chi connectivity index (χ0v) is 25.5. The molecule has 2 aliphatic heterocycles. The van der Waals surface area contributed by atoms with E-state index in [4.69, 9.17) is 9.47 Å². The molecule has 3 amide bonds. The van der Waals surface area contributed by atoms with Crippen LogP contribution in [0.4, 0.5) is 5.69 Å². The highest BCUT2D eigenvalue weighted by molar-refractivity contribution is 7.89. The van der Waals surface area contributed by atoms with Gasteiger partial charge >= 0.3 is 0 Å². The monoisotopic (exact) mass is 636 g/mol. The summed E-state index contributed by atoms with van der Waals surface area (Å²) in [6.45, 7) is 1.11. The summed E-state index contributed by atoms with van der Waals surface area (Å²) in [5, 5.41) is 11.5. The van der Waals surface area contributed by atoms with Crippen molar-refractivity contribution >= 4 is 33.4 Å². The second-order valence-electron chi connectivity index (χ2n) is 10.5. The highest BCUT2D eigenvalue weighted by Crippen LogP contribution is 2.37. The number of pyridine rings is 1. The van der Waals surface area contributed by atoms with Gasteiger partial charge in [0.05, 0.1) is 0 Å². The Labute approximate surface area is 261 Å². The fraction of sp³-hybridized carbons (Fsp3) is 0.355. The SMILES string of the molecule is O=C1CCCN(S(=O)(=O)c2cccc3c2OCCO3)CCNC(=O)[C@H](Cc2ccccc2)NC(=O)c2cc(ccn2)NCCN1. The second-order valence-corrected chi connectivity index (χ2v) is 12.4. The normalized spacial score (nSPS) is 19.0. The Morgan fingerprint density at radius 1 is 0.867 bits per heavy atom. The van der Waals surface area contributed by atoms with E-state index in [0.29, 0.717) is 31.1 Å². The zero-order chi connectivity index (χ0) is 31.6. The quantitative estimate of drug-likeness (QED) is 0.330. The highest BCUT2D eigenvalue weighted by atomic mass is 32.2. The van der Waals surface area contributed by atoms with Crippen molar-refractivity contribution in [1.29, 1.82) is 0 Å². The summed E-state index contributed by atoms with van der Waals surface area (Å²) in [5.41, 5.74) is 1.57. The van der Waals surface area contributed by atoms with Gasteiger partial charge in [-0.3, -0.25) is 19.4 Å². The number of ether oxygens (including phenoxy) is 2. The van der Waals surface area contributed by atoms with Crippen LogP contribution in [0.15, 0.2) is 71.8 Å². The molecule has 13 nitrogen and oxygen atoms in total. The molecule has 0 aliphatic carbocycles. The van der Waals surface area contributed by atoms with E-state index < -0.39 is 27.9 Å². The molecule has 2 aliphatic rings. The third-order valence-electron chi connectivity index (χ3n) is 7.29. The van der Waals surface area contributed by atoms with E-state index in [0.717, 1.165) is 5.56 Å². The second kappa shape index (κ2) is 14.9. The van der Waals surface area contributed by atoms with Crippen molar-refractivity contribution in [2.45, 2.75) is 30.2 Å². The molecule has 1 atom stereocenters. The number of benzene rings is 2. The van der Waals surface area contributed by atoms with Crippen LogP contribution in [-0.2, 0) is 26.0 Å². The first-order chi connectivity index (χ1) is 21.8. The molecule has 0 saturated carbocycles. The summed E-state index contributed by atoms with van der Waals surface area (Å²) < 4.78 is 40.3. The Kier molecular flexibility index (Phi) is 10.5. The summed E-state index contributed by atoms with van der Waals surface area (Å²) in [6.07, 6.45) is 2.04. The lowest BCUT2D eigenvalue weighted by atomic mass is 10.0. The molecule has 1 aromatic heterocycles. The van der Waals surface area contributed by atoms with Gasteiger partial charge in [-0.15, -0.1) is 0 Å². The number of hydrogen-bond donors (Lipinski definition) is 4. The molecule has 2 bridgehead atoms. The number of hydrogen-bond acceptors (Lipinski definition) is 9. The average Bonchev–Trinajstić information content (AvgIpc) is 3.05. The Balaban J connectivity index is 1.39. The minimum absolute atomic E-state index is 0.0239. The Hall–Kier alpha value is -4.69. The van der Waals surface area contributed by atoms with Crippen molar-refractivity contribution in [3.63, 3.8) is 0 Å². The van der Waals surface area contributed by atoms with Gasteiger partial charge in [-0.1, -0.05) is 36.4 Å². The Bertz CT molecular complexity index is 1620. The molecule has 0 unspecified atom stereocenters. The predicted octanol–water partition coefficient (Wildman–Crippen LogP) is 1.32. The number of nitrogens with zero attached hydrogens (tertiary/aromatic N) is 2. The van der Waals surface area contributed by atoms with Crippen LogP contribution >= 0.6 is 0 Å². The minimum atomic E-state index is -4.12. The van der Waals surface area contributed by atoms with E-state index >= 15 is 0 Å². The van der Waals surface area contributed by atoms with Crippen LogP contribution in [0.2, 0.25) is 0 Å². The van der Waals surface area contributed by atoms with Gasteiger partial charge in [-0.2, -0.15) is 4.31 Å². The number of para-hydroxylation sites is 1. The topological polar surface area (TPSA) is 168 Å². The molecule has 238 valence electrons. The van der Waals surface area contributed by atoms with Gasteiger partial charge in [0.25, 0.3) is 5.91 Å². The summed E-state index contributed by atoms with van der Waals surface area (Å²) in [4.78, 5) is 43.3. The summed E-state index contributed by atoms with van der Waals surface area (Å²) in [6, 6.07) is 16.2. The third-order valence-corrected chi connectivity index (χ3v) is 9.22. The molecule has 3 heterocycles. The first kappa shape index (κ1) is 31.7. The number of carbonyl (C=O) groups is 3. The number of sulfonamides is 1. The maximum atomic E-state index is 13.9. The predicted molar refractivity (Wildman–Crippen MR) is 166 cm³/mol. The van der Waals surface area contributed by atoms with Crippen LogP contribution in [0.1, 0.15) is 28.9 Å². The average molecular weight is 637 g/mol. The Morgan fingerprint density at radius 3 is 2.51 bits per heavy atom. The number of carbonyl (C=O) groups excluding carboxylic acids is 3. The third kappa shape index (κ3) is 8.28. The van der Waals surface area contributed by atoms with Gasteiger partial charge < -0.3 is 30.7 Å². The highest BCUT2D eigenvalue weighted by Gasteiger charge is 2.31. The van der Waals surface area contributed by atoms with Crippen molar-refractivity contribution in [3.8, 4) is 11.5 Å². The van der Waals surface area contributed by atoms with Crippen LogP contribution in [0.25, 0.3) is 0 Å². The number of fused-ring (bicyclic) bond motifs is 3. The van der Waals surface area contributed by atoms with E-state index in [9.17, 15) is 22.8 Å². The van der Waals surface area contributed by atoms with Crippen LogP contribution in [0, 0.1) is 0 Å². The molecule has 5 rings (SSSR count). The molecule has 45 heavy (non-hydrogen) atoms. The molecular formula is C31H36N6O7S. The Morgan fingerprint density at radius 2 is 1.67 bits per heavy atom. The van der Waals surface area contributed by atoms with Crippen molar-refractivity contribution in [2.24, 2.45) is 0 Å². The van der Waals surface area contributed by atoms with E-state index in [1.54, 1.807) is 24.3 Å². The van der Waals surface area contributed by atoms with Crippen LogP contribution in [0.5, 0.6) is 11.5 Å². The van der Waals surface area contributed by atoms with Gasteiger partial charge in [0.15, 0.2) is 11.5 Å². The van der Waals surface area contributed by atoms with Crippen LogP contribution in [-0.4, -0.2) is 87.4 Å². The summed E-state index contributed by atoms with van der Waals surface area (Å²) in [5.74, 6) is -0.782. The molecule has 0 saturated heterocycles. The maximum Gasteiger partial charge on any atom is 0.270 e. The van der Waals surface area contributed by atoms with E-state index in [1.807, 2.05) is 30.3 Å². The lowest BCUT2D eigenvalue weighted by molar-refractivity contribution is -0.123. The van der Waals surface area contributed by atoms with Crippen molar-refractivity contribution < 1.29 is 32.3 Å². The fourth-order valence-electron chi connectivity index (χ4n) is 5.04. The molecule has 2 aromatic carbocycles. The first-order valence-electron chi connectivity index (χ1n) is 14.8. The molecule has 0 radical (unpaired) electrons. The summed E-state index contributed by atoms with van der Waals surface area (Å²) in [7, 11) is -4.12. The number of amides is 3. The van der Waals surface area contributed by atoms with Gasteiger partial charge in [-0.25, -0.2) is 8.42 Å². The number of anilines is 1. The lowest BCUT2D eigenvalue weighted by Gasteiger charge is -2.26. The van der Waals surface area contributed by atoms with Gasteiger partial charge in [0.2, 0.25) is 21.8 Å². The molecular weight excluding hydrogens is 600 g/mol. The first-order valence-corrected chi connectivity index (χ1v) is 16.2. The van der Waals surface area contributed by atoms with E-state index in [1.165, 1.54) is 16.6 Å². The van der Waals surface area contributed by atoms with Gasteiger partial charge in [0, 0.05) is 57.4 Å². The van der Waals surface area contributed by atoms with Crippen LogP contribution < -0.4 is 30.7 Å². The molecule has 3 aromatic rings. The molecule has 0 fully saturated rings. The standard InChI is InChI=1S/C31H36N6O7S/c38-28-10-5-16-37(45(41,42)27-9-4-8-26-29(27)44-19-18-43-26)17-15-35-30(39)25(20-22-6-2-1-3-7-22)36-31(40)24-21-23(11-12-33-24)32-13-14-34-28/h1-4,6-9,11-12,21,25,32H,5,10,13-20H2,(H,34,38)(H,35,39)(H,36,40)/t25-/m0/s1. The number of nitrogens with one attached hydrogen (secondary N) is 4. The molecule has 4 N–H and O–H groups in total.